The molecule has 2 bridgehead atoms. The molecule has 3 aliphatic carbocycles. The van der Waals surface area contributed by atoms with Gasteiger partial charge in [0.1, 0.15) is 0 Å². The molecule has 0 spiro atoms. The molecule has 1 fully saturated rings. The zero-order valence-electron chi connectivity index (χ0n) is 8.38. The van der Waals surface area contributed by atoms with Gasteiger partial charge in [0.25, 0.3) is 0 Å². The maximum Gasteiger partial charge on any atom is 0.0402 e. The molecule has 3 aliphatic rings. The lowest BCUT2D eigenvalue weighted by Crippen LogP contribution is -2.45. The third-order valence-corrected chi connectivity index (χ3v) is 3.34. The van der Waals surface area contributed by atoms with Crippen LogP contribution in [0, 0.1) is 17.3 Å². The van der Waals surface area contributed by atoms with Gasteiger partial charge in [0, 0.05) is 6.61 Å². The Kier molecular flexibility index (Phi) is 2.94. The number of aliphatic hydroxyl groups is 1. The van der Waals surface area contributed by atoms with E-state index in [0.29, 0.717) is 5.41 Å². The summed E-state index contributed by atoms with van der Waals surface area (Å²) in [6, 6.07) is 0. The summed E-state index contributed by atoms with van der Waals surface area (Å²) >= 11 is 0. The van der Waals surface area contributed by atoms with Gasteiger partial charge < -0.3 is 5.11 Å². The molecule has 0 aromatic rings. The molecule has 12 heavy (non-hydrogen) atoms. The predicted molar refractivity (Wildman–Crippen MR) is 51.9 cm³/mol. The van der Waals surface area contributed by atoms with E-state index in [0.717, 1.165) is 11.8 Å². The van der Waals surface area contributed by atoms with Crippen LogP contribution in [0.3, 0.4) is 0 Å². The molecular weight excluding hydrogens is 148 g/mol. The lowest BCUT2D eigenvalue weighted by atomic mass is 9.51. The van der Waals surface area contributed by atoms with E-state index in [1.165, 1.54) is 12.8 Å². The average Bonchev–Trinajstić information content (AvgIpc) is 2.07. The van der Waals surface area contributed by atoms with E-state index in [9.17, 15) is 0 Å². The lowest BCUT2D eigenvalue weighted by molar-refractivity contribution is 0.00320. The molecule has 0 amide bonds. The van der Waals surface area contributed by atoms with Crippen molar-refractivity contribution in [3.8, 4) is 0 Å². The predicted octanol–water partition coefficient (Wildman–Crippen LogP) is 2.61. The molecule has 2 unspecified atom stereocenters. The smallest absolute Gasteiger partial charge is 0.0402 e. The zero-order chi connectivity index (χ0) is 9.19. The van der Waals surface area contributed by atoms with E-state index in [1.54, 1.807) is 6.92 Å². The first kappa shape index (κ1) is 9.79. The first-order chi connectivity index (χ1) is 5.62. The molecular formula is C11H20O. The highest BCUT2D eigenvalue weighted by atomic mass is 16.2. The minimum absolute atomic E-state index is 0.250. The molecule has 2 atom stereocenters. The van der Waals surface area contributed by atoms with Crippen LogP contribution in [0.5, 0.6) is 0 Å². The summed E-state index contributed by atoms with van der Waals surface area (Å²) in [5.41, 5.74) is 0.648. The van der Waals surface area contributed by atoms with E-state index >= 15 is 0 Å². The van der Waals surface area contributed by atoms with Gasteiger partial charge in [0.15, 0.2) is 0 Å². The number of hydrogen-bond acceptors (Lipinski definition) is 1. The number of rotatable bonds is 0. The highest BCUT2D eigenvalue weighted by Gasteiger charge is 2.47. The van der Waals surface area contributed by atoms with E-state index in [2.05, 4.69) is 26.0 Å². The number of aliphatic hydroxyl groups excluding tert-OH is 1. The highest BCUT2D eigenvalue weighted by Crippen LogP contribution is 2.56. The van der Waals surface area contributed by atoms with Crippen molar-refractivity contribution in [3.63, 3.8) is 0 Å². The highest BCUT2D eigenvalue weighted by molar-refractivity contribution is 5.12. The Bertz CT molecular complexity index is 170. The fraction of sp³-hybridized carbons (Fsp3) is 0.818. The van der Waals surface area contributed by atoms with Gasteiger partial charge in [-0.25, -0.2) is 0 Å². The SMILES string of the molecule is CC1(C)C2C=CCC1C2.CCO. The van der Waals surface area contributed by atoms with Gasteiger partial charge in [-0.15, -0.1) is 0 Å². The quantitative estimate of drug-likeness (QED) is 0.551. The van der Waals surface area contributed by atoms with Gasteiger partial charge in [0.2, 0.25) is 0 Å². The van der Waals surface area contributed by atoms with Crippen molar-refractivity contribution >= 4 is 0 Å². The van der Waals surface area contributed by atoms with E-state index in [1.807, 2.05) is 0 Å². The number of allylic oxidation sites excluding steroid dienone is 2. The minimum atomic E-state index is 0.250. The van der Waals surface area contributed by atoms with E-state index in [-0.39, 0.29) is 6.61 Å². The summed E-state index contributed by atoms with van der Waals surface area (Å²) in [6.45, 7) is 6.73. The molecule has 1 N–H and O–H groups in total. The Morgan fingerprint density at radius 1 is 1.50 bits per heavy atom. The summed E-state index contributed by atoms with van der Waals surface area (Å²) in [7, 11) is 0. The monoisotopic (exact) mass is 168 g/mol. The zero-order valence-corrected chi connectivity index (χ0v) is 8.38. The summed E-state index contributed by atoms with van der Waals surface area (Å²) < 4.78 is 0. The van der Waals surface area contributed by atoms with Crippen LogP contribution in [-0.4, -0.2) is 11.7 Å². The first-order valence-electron chi connectivity index (χ1n) is 4.90. The molecule has 0 aromatic heterocycles. The second-order valence-corrected chi connectivity index (χ2v) is 4.34. The van der Waals surface area contributed by atoms with Crippen LogP contribution >= 0.6 is 0 Å². The molecule has 0 saturated heterocycles. The average molecular weight is 168 g/mol. The normalized spacial score (nSPS) is 34.7. The summed E-state index contributed by atoms with van der Waals surface area (Å²) in [5, 5.41) is 7.57. The molecule has 1 saturated carbocycles. The molecule has 70 valence electrons. The van der Waals surface area contributed by atoms with Gasteiger partial charge in [-0.2, -0.15) is 0 Å². The fourth-order valence-electron chi connectivity index (χ4n) is 2.19. The largest absolute Gasteiger partial charge is 0.397 e. The number of hydrogen-bond donors (Lipinski definition) is 1. The third kappa shape index (κ3) is 1.56. The Morgan fingerprint density at radius 3 is 2.25 bits per heavy atom. The van der Waals surface area contributed by atoms with Crippen LogP contribution in [0.2, 0.25) is 0 Å². The summed E-state index contributed by atoms with van der Waals surface area (Å²) in [6.07, 6.45) is 7.55. The van der Waals surface area contributed by atoms with Gasteiger partial charge in [-0.05, 0) is 37.0 Å². The Hall–Kier alpha value is -0.300. The standard InChI is InChI=1S/C9H14.C2H6O/c1-9(2)7-4-3-5-8(9)6-7;1-2-3/h3-4,7-8H,5-6H2,1-2H3;3H,2H2,1H3. The second kappa shape index (κ2) is 3.61. The first-order valence-corrected chi connectivity index (χ1v) is 4.90. The van der Waals surface area contributed by atoms with Crippen molar-refractivity contribution in [1.82, 2.24) is 0 Å². The van der Waals surface area contributed by atoms with Crippen molar-refractivity contribution in [2.75, 3.05) is 6.61 Å². The van der Waals surface area contributed by atoms with Crippen LogP contribution in [0.1, 0.15) is 33.6 Å². The Labute approximate surface area is 75.5 Å². The fourth-order valence-corrected chi connectivity index (χ4v) is 2.19. The van der Waals surface area contributed by atoms with Crippen molar-refractivity contribution in [2.45, 2.75) is 33.6 Å². The van der Waals surface area contributed by atoms with Gasteiger partial charge in [-0.3, -0.25) is 0 Å². The Morgan fingerprint density at radius 2 is 2.08 bits per heavy atom. The molecule has 0 heterocycles. The molecule has 0 aromatic carbocycles. The van der Waals surface area contributed by atoms with Crippen LogP contribution in [0.25, 0.3) is 0 Å². The maximum atomic E-state index is 7.57. The third-order valence-electron chi connectivity index (χ3n) is 3.34. The molecule has 1 heteroatoms. The van der Waals surface area contributed by atoms with Crippen molar-refractivity contribution in [3.05, 3.63) is 12.2 Å². The molecule has 1 nitrogen and oxygen atoms in total. The van der Waals surface area contributed by atoms with Crippen molar-refractivity contribution in [1.29, 1.82) is 0 Å². The van der Waals surface area contributed by atoms with Crippen LogP contribution in [0.15, 0.2) is 12.2 Å². The lowest BCUT2D eigenvalue weighted by Gasteiger charge is -2.53. The van der Waals surface area contributed by atoms with Crippen molar-refractivity contribution < 1.29 is 5.11 Å². The Balaban J connectivity index is 0.000000213. The van der Waals surface area contributed by atoms with E-state index in [4.69, 9.17) is 5.11 Å². The maximum absolute atomic E-state index is 7.57. The number of fused-ring (bicyclic) bond motifs is 1. The van der Waals surface area contributed by atoms with Crippen molar-refractivity contribution in [2.24, 2.45) is 17.3 Å². The van der Waals surface area contributed by atoms with Gasteiger partial charge in [-0.1, -0.05) is 26.0 Å². The summed E-state index contributed by atoms with van der Waals surface area (Å²) in [5.74, 6) is 1.92. The van der Waals surface area contributed by atoms with Gasteiger partial charge in [0.05, 0.1) is 0 Å². The minimum Gasteiger partial charge on any atom is -0.397 e. The van der Waals surface area contributed by atoms with Crippen LogP contribution in [-0.2, 0) is 0 Å². The van der Waals surface area contributed by atoms with Crippen LogP contribution < -0.4 is 0 Å². The van der Waals surface area contributed by atoms with Gasteiger partial charge >= 0.3 is 0 Å². The topological polar surface area (TPSA) is 20.2 Å². The second-order valence-electron chi connectivity index (χ2n) is 4.34. The van der Waals surface area contributed by atoms with Crippen LogP contribution in [0.4, 0.5) is 0 Å². The van der Waals surface area contributed by atoms with E-state index < -0.39 is 0 Å². The molecule has 0 radical (unpaired) electrons. The summed E-state index contributed by atoms with van der Waals surface area (Å²) in [4.78, 5) is 0. The molecule has 0 aliphatic heterocycles. The molecule has 3 rings (SSSR count).